The predicted octanol–water partition coefficient (Wildman–Crippen LogP) is 7.16. The Balaban J connectivity index is 3.66. The second-order valence-corrected chi connectivity index (χ2v) is 8.96. The highest BCUT2D eigenvalue weighted by Gasteiger charge is 2.28. The van der Waals surface area contributed by atoms with Crippen LogP contribution in [0.4, 0.5) is 0 Å². The Kier molecular flexibility index (Phi) is 13.4. The van der Waals surface area contributed by atoms with Crippen molar-refractivity contribution in [1.29, 1.82) is 0 Å². The molecule has 0 saturated heterocycles. The molecule has 24 heavy (non-hydrogen) atoms. The molecular weight excluding hydrogens is 296 g/mol. The molecule has 0 aromatic carbocycles. The first-order valence-electron chi connectivity index (χ1n) is 10.4. The SMILES string of the molecule is CCCCCCCCCCCCOC(=O)C(CC(C)(C)C)C(C)C. The van der Waals surface area contributed by atoms with Crippen molar-refractivity contribution < 1.29 is 9.53 Å². The van der Waals surface area contributed by atoms with E-state index < -0.39 is 0 Å². The molecule has 0 radical (unpaired) electrons. The average molecular weight is 341 g/mol. The monoisotopic (exact) mass is 340 g/mol. The van der Waals surface area contributed by atoms with Gasteiger partial charge in [-0.05, 0) is 24.2 Å². The van der Waals surface area contributed by atoms with Crippen LogP contribution < -0.4 is 0 Å². The van der Waals surface area contributed by atoms with Crippen LogP contribution in [0.25, 0.3) is 0 Å². The first-order valence-corrected chi connectivity index (χ1v) is 10.4. The van der Waals surface area contributed by atoms with Crippen LogP contribution in [0.3, 0.4) is 0 Å². The number of carbonyl (C=O) groups excluding carboxylic acids is 1. The normalized spacial score (nSPS) is 13.3. The Morgan fingerprint density at radius 1 is 0.833 bits per heavy atom. The summed E-state index contributed by atoms with van der Waals surface area (Å²) in [5.41, 5.74) is 0.172. The molecule has 2 nitrogen and oxygen atoms in total. The number of carbonyl (C=O) groups is 1. The highest BCUT2D eigenvalue weighted by atomic mass is 16.5. The van der Waals surface area contributed by atoms with Crippen molar-refractivity contribution in [2.24, 2.45) is 17.3 Å². The van der Waals surface area contributed by atoms with E-state index >= 15 is 0 Å². The molecule has 0 saturated carbocycles. The Labute approximate surface area is 152 Å². The Hall–Kier alpha value is -0.530. The summed E-state index contributed by atoms with van der Waals surface area (Å²) in [5.74, 6) is 0.397. The summed E-state index contributed by atoms with van der Waals surface area (Å²) >= 11 is 0. The van der Waals surface area contributed by atoms with Crippen molar-refractivity contribution in [2.45, 2.75) is 112 Å². The van der Waals surface area contributed by atoms with E-state index in [2.05, 4.69) is 41.5 Å². The van der Waals surface area contributed by atoms with Crippen LogP contribution in [0.15, 0.2) is 0 Å². The molecule has 0 spiro atoms. The van der Waals surface area contributed by atoms with Crippen molar-refractivity contribution in [2.75, 3.05) is 6.61 Å². The van der Waals surface area contributed by atoms with Gasteiger partial charge in [0.25, 0.3) is 0 Å². The van der Waals surface area contributed by atoms with Gasteiger partial charge >= 0.3 is 5.97 Å². The third-order valence-corrected chi connectivity index (χ3v) is 4.68. The summed E-state index contributed by atoms with van der Waals surface area (Å²) in [7, 11) is 0. The lowest BCUT2D eigenvalue weighted by atomic mass is 9.80. The minimum absolute atomic E-state index is 0.0100. The van der Waals surface area contributed by atoms with Gasteiger partial charge in [0, 0.05) is 0 Å². The molecule has 144 valence electrons. The summed E-state index contributed by atoms with van der Waals surface area (Å²) in [6.45, 7) is 13.7. The largest absolute Gasteiger partial charge is 0.465 e. The topological polar surface area (TPSA) is 26.3 Å². The number of esters is 1. The van der Waals surface area contributed by atoms with Crippen LogP contribution in [-0.4, -0.2) is 12.6 Å². The zero-order valence-electron chi connectivity index (χ0n) is 17.5. The molecule has 0 heterocycles. The second-order valence-electron chi connectivity index (χ2n) is 8.96. The van der Waals surface area contributed by atoms with E-state index in [0.717, 1.165) is 12.8 Å². The molecule has 0 aliphatic rings. The molecule has 0 bridgehead atoms. The number of ether oxygens (including phenoxy) is 1. The standard InChI is InChI=1S/C22H44O2/c1-7-8-9-10-11-12-13-14-15-16-17-24-21(23)20(19(2)3)18-22(4,5)6/h19-20H,7-18H2,1-6H3. The third-order valence-electron chi connectivity index (χ3n) is 4.68. The number of rotatable bonds is 14. The van der Waals surface area contributed by atoms with E-state index in [9.17, 15) is 4.79 Å². The quantitative estimate of drug-likeness (QED) is 0.248. The van der Waals surface area contributed by atoms with E-state index in [-0.39, 0.29) is 17.3 Å². The van der Waals surface area contributed by atoms with Crippen molar-refractivity contribution in [3.63, 3.8) is 0 Å². The first kappa shape index (κ1) is 23.5. The van der Waals surface area contributed by atoms with Gasteiger partial charge in [-0.3, -0.25) is 4.79 Å². The highest BCUT2D eigenvalue weighted by molar-refractivity contribution is 5.72. The van der Waals surface area contributed by atoms with Crippen LogP contribution in [0, 0.1) is 17.3 Å². The molecular formula is C22H44O2. The molecule has 0 aromatic heterocycles. The Bertz CT molecular complexity index is 302. The summed E-state index contributed by atoms with van der Waals surface area (Å²) in [4.78, 5) is 12.3. The third kappa shape index (κ3) is 13.9. The molecule has 0 amide bonds. The second kappa shape index (κ2) is 13.7. The van der Waals surface area contributed by atoms with Gasteiger partial charge in [-0.1, -0.05) is 99.3 Å². The van der Waals surface area contributed by atoms with Crippen LogP contribution in [0.5, 0.6) is 0 Å². The maximum atomic E-state index is 12.3. The molecule has 1 atom stereocenters. The van der Waals surface area contributed by atoms with Gasteiger partial charge in [-0.15, -0.1) is 0 Å². The lowest BCUT2D eigenvalue weighted by molar-refractivity contribution is -0.151. The maximum Gasteiger partial charge on any atom is 0.309 e. The fraction of sp³-hybridized carbons (Fsp3) is 0.955. The lowest BCUT2D eigenvalue weighted by Crippen LogP contribution is -2.27. The lowest BCUT2D eigenvalue weighted by Gasteiger charge is -2.27. The van der Waals surface area contributed by atoms with E-state index in [1.54, 1.807) is 0 Å². The minimum Gasteiger partial charge on any atom is -0.465 e. The van der Waals surface area contributed by atoms with Gasteiger partial charge in [-0.2, -0.15) is 0 Å². The van der Waals surface area contributed by atoms with Gasteiger partial charge in [0.05, 0.1) is 12.5 Å². The highest BCUT2D eigenvalue weighted by Crippen LogP contribution is 2.29. The molecule has 2 heteroatoms. The van der Waals surface area contributed by atoms with E-state index in [1.165, 1.54) is 57.8 Å². The molecule has 0 fully saturated rings. The van der Waals surface area contributed by atoms with Crippen LogP contribution in [-0.2, 0) is 9.53 Å². The van der Waals surface area contributed by atoms with E-state index in [0.29, 0.717) is 12.5 Å². The summed E-state index contributed by atoms with van der Waals surface area (Å²) in [6.07, 6.45) is 14.0. The van der Waals surface area contributed by atoms with Gasteiger partial charge in [0.1, 0.15) is 0 Å². The van der Waals surface area contributed by atoms with Crippen LogP contribution in [0.2, 0.25) is 0 Å². The molecule has 0 aliphatic carbocycles. The van der Waals surface area contributed by atoms with Crippen LogP contribution in [0.1, 0.15) is 112 Å². The van der Waals surface area contributed by atoms with Crippen molar-refractivity contribution >= 4 is 5.97 Å². The Morgan fingerprint density at radius 3 is 1.71 bits per heavy atom. The van der Waals surface area contributed by atoms with Gasteiger partial charge in [0.15, 0.2) is 0 Å². The van der Waals surface area contributed by atoms with Crippen molar-refractivity contribution in [3.8, 4) is 0 Å². The molecule has 0 aromatic rings. The van der Waals surface area contributed by atoms with Crippen molar-refractivity contribution in [3.05, 3.63) is 0 Å². The predicted molar refractivity (Wildman–Crippen MR) is 105 cm³/mol. The number of unbranched alkanes of at least 4 members (excludes halogenated alkanes) is 9. The molecule has 0 rings (SSSR count). The molecule has 0 N–H and O–H groups in total. The zero-order chi connectivity index (χ0) is 18.4. The maximum absolute atomic E-state index is 12.3. The summed E-state index contributed by atoms with van der Waals surface area (Å²) in [6, 6.07) is 0. The van der Waals surface area contributed by atoms with Gasteiger partial charge < -0.3 is 4.74 Å². The van der Waals surface area contributed by atoms with Crippen LogP contribution >= 0.6 is 0 Å². The zero-order valence-corrected chi connectivity index (χ0v) is 17.5. The number of hydrogen-bond donors (Lipinski definition) is 0. The average Bonchev–Trinajstić information content (AvgIpc) is 2.49. The Morgan fingerprint density at radius 2 is 1.29 bits per heavy atom. The fourth-order valence-corrected chi connectivity index (χ4v) is 3.12. The minimum atomic E-state index is 0.0100. The number of hydrogen-bond acceptors (Lipinski definition) is 2. The van der Waals surface area contributed by atoms with Crippen molar-refractivity contribution in [1.82, 2.24) is 0 Å². The van der Waals surface area contributed by atoms with E-state index in [1.807, 2.05) is 0 Å². The molecule has 0 aliphatic heterocycles. The van der Waals surface area contributed by atoms with Gasteiger partial charge in [0.2, 0.25) is 0 Å². The fourth-order valence-electron chi connectivity index (χ4n) is 3.12. The summed E-state index contributed by atoms with van der Waals surface area (Å²) < 4.78 is 5.54. The van der Waals surface area contributed by atoms with Gasteiger partial charge in [-0.25, -0.2) is 0 Å². The smallest absolute Gasteiger partial charge is 0.309 e. The summed E-state index contributed by atoms with van der Waals surface area (Å²) in [5, 5.41) is 0. The first-order chi connectivity index (χ1) is 11.3. The molecule has 1 unspecified atom stereocenters. The van der Waals surface area contributed by atoms with E-state index in [4.69, 9.17) is 4.74 Å².